The summed E-state index contributed by atoms with van der Waals surface area (Å²) in [5.74, 6) is 0.986. The molecule has 1 saturated heterocycles. The van der Waals surface area contributed by atoms with Crippen LogP contribution < -0.4 is 10.6 Å². The molecule has 0 bridgehead atoms. The second kappa shape index (κ2) is 11.4. The zero-order valence-corrected chi connectivity index (χ0v) is 19.3. The molecule has 0 saturated carbocycles. The van der Waals surface area contributed by atoms with Gasteiger partial charge in [-0.05, 0) is 23.5 Å². The molecule has 0 aromatic carbocycles. The van der Waals surface area contributed by atoms with Crippen molar-refractivity contribution in [2.75, 3.05) is 51.1 Å². The molecular formula is C24H36N6O2. The number of rotatable bonds is 11. The van der Waals surface area contributed by atoms with Gasteiger partial charge in [-0.1, -0.05) is 39.2 Å². The van der Waals surface area contributed by atoms with Gasteiger partial charge in [-0.25, -0.2) is 9.97 Å². The largest absolute Gasteiger partial charge is 0.390 e. The number of hydrogen-bond donors (Lipinski definition) is 3. The molecule has 0 aliphatic carbocycles. The van der Waals surface area contributed by atoms with Crippen molar-refractivity contribution in [3.8, 4) is 0 Å². The third-order valence-electron chi connectivity index (χ3n) is 5.80. The van der Waals surface area contributed by atoms with Gasteiger partial charge in [-0.15, -0.1) is 0 Å². The fourth-order valence-corrected chi connectivity index (χ4v) is 4.21. The molecule has 3 heterocycles. The molecule has 0 spiro atoms. The minimum absolute atomic E-state index is 0.163. The van der Waals surface area contributed by atoms with Gasteiger partial charge in [0.1, 0.15) is 17.8 Å². The highest BCUT2D eigenvalue weighted by Gasteiger charge is 2.27. The quantitative estimate of drug-likeness (QED) is 0.482. The monoisotopic (exact) mass is 440 g/mol. The van der Waals surface area contributed by atoms with E-state index in [1.54, 1.807) is 6.07 Å². The number of aromatic nitrogens is 2. The van der Waals surface area contributed by atoms with E-state index in [4.69, 9.17) is 0 Å². The number of anilines is 1. The van der Waals surface area contributed by atoms with Gasteiger partial charge in [0.05, 0.1) is 12.1 Å². The van der Waals surface area contributed by atoms with Gasteiger partial charge >= 0.3 is 0 Å². The smallest absolute Gasteiger partial charge is 0.270 e. The molecule has 1 amide bonds. The molecule has 1 aromatic rings. The summed E-state index contributed by atoms with van der Waals surface area (Å²) in [5, 5.41) is 16.6. The maximum absolute atomic E-state index is 12.5. The molecule has 1 aromatic heterocycles. The van der Waals surface area contributed by atoms with Crippen LogP contribution in [-0.2, 0) is 0 Å². The zero-order valence-electron chi connectivity index (χ0n) is 19.3. The number of nitrogens with zero attached hydrogens (tertiary/aromatic N) is 4. The van der Waals surface area contributed by atoms with Gasteiger partial charge in [-0.2, -0.15) is 0 Å². The highest BCUT2D eigenvalue weighted by Crippen LogP contribution is 2.19. The first-order valence-electron chi connectivity index (χ1n) is 11.3. The van der Waals surface area contributed by atoms with Crippen molar-refractivity contribution in [2.24, 2.45) is 5.92 Å². The number of aliphatic hydroxyl groups excluding tert-OH is 1. The third kappa shape index (κ3) is 6.72. The fraction of sp³-hybridized carbons (Fsp3) is 0.542. The SMILES string of the molecule is C=CC1=C(C=C)CN(CC(O)CNC(=O)c2cc(NC3CN(CC(C)C)C3)ncn2)CC1. The first-order valence-corrected chi connectivity index (χ1v) is 11.3. The molecule has 2 aliphatic heterocycles. The molecule has 3 rings (SSSR count). The van der Waals surface area contributed by atoms with E-state index in [-0.39, 0.29) is 12.5 Å². The van der Waals surface area contributed by atoms with Crippen LogP contribution in [0.25, 0.3) is 0 Å². The standard InChI is InChI=1S/C24H36N6O2/c1-5-18-7-8-29(12-19(18)6-2)15-21(31)10-25-24(32)22-9-23(27-16-26-22)28-20-13-30(14-20)11-17(3)4/h5-6,9,16-17,20-21,31H,1-2,7-8,10-15H2,3-4H3,(H,25,32)(H,26,27,28). The highest BCUT2D eigenvalue weighted by molar-refractivity contribution is 5.92. The summed E-state index contributed by atoms with van der Waals surface area (Å²) in [6.45, 7) is 17.4. The normalized spacial score (nSPS) is 18.9. The Hall–Kier alpha value is -2.55. The van der Waals surface area contributed by atoms with Crippen molar-refractivity contribution >= 4 is 11.7 Å². The van der Waals surface area contributed by atoms with Crippen LogP contribution in [0.3, 0.4) is 0 Å². The second-order valence-corrected chi connectivity index (χ2v) is 9.05. The van der Waals surface area contributed by atoms with Crippen LogP contribution in [0.15, 0.2) is 48.8 Å². The van der Waals surface area contributed by atoms with E-state index in [9.17, 15) is 9.90 Å². The molecule has 2 aliphatic rings. The highest BCUT2D eigenvalue weighted by atomic mass is 16.3. The maximum atomic E-state index is 12.5. The Balaban J connectivity index is 1.43. The van der Waals surface area contributed by atoms with Gasteiger partial charge in [0.25, 0.3) is 5.91 Å². The molecule has 1 unspecified atom stereocenters. The van der Waals surface area contributed by atoms with Crippen molar-refractivity contribution in [1.82, 2.24) is 25.1 Å². The summed E-state index contributed by atoms with van der Waals surface area (Å²) in [4.78, 5) is 25.4. The lowest BCUT2D eigenvalue weighted by Gasteiger charge is -2.40. The van der Waals surface area contributed by atoms with Gasteiger partial charge in [-0.3, -0.25) is 14.6 Å². The Morgan fingerprint density at radius 2 is 1.97 bits per heavy atom. The number of nitrogens with one attached hydrogen (secondary N) is 2. The van der Waals surface area contributed by atoms with E-state index < -0.39 is 6.10 Å². The molecule has 3 N–H and O–H groups in total. The van der Waals surface area contributed by atoms with Crippen LogP contribution in [0.5, 0.6) is 0 Å². The van der Waals surface area contributed by atoms with Gasteiger partial charge in [0.15, 0.2) is 0 Å². The average molecular weight is 441 g/mol. The molecule has 32 heavy (non-hydrogen) atoms. The summed E-state index contributed by atoms with van der Waals surface area (Å²) in [7, 11) is 0. The Bertz CT molecular complexity index is 847. The van der Waals surface area contributed by atoms with E-state index in [1.807, 2.05) is 12.2 Å². The number of hydrogen-bond acceptors (Lipinski definition) is 7. The summed E-state index contributed by atoms with van der Waals surface area (Å²) in [6.07, 6.45) is 5.34. The van der Waals surface area contributed by atoms with Gasteiger partial charge in [0, 0.05) is 51.9 Å². The Morgan fingerprint density at radius 3 is 2.66 bits per heavy atom. The molecule has 174 valence electrons. The predicted octanol–water partition coefficient (Wildman–Crippen LogP) is 1.69. The lowest BCUT2D eigenvalue weighted by Crippen LogP contribution is -2.55. The van der Waals surface area contributed by atoms with Crippen molar-refractivity contribution in [1.29, 1.82) is 0 Å². The second-order valence-electron chi connectivity index (χ2n) is 9.05. The number of β-amino-alcohol motifs (C(OH)–C–C–N with tert-alkyl or cyclic N) is 1. The Labute approximate surface area is 191 Å². The van der Waals surface area contributed by atoms with E-state index in [0.29, 0.717) is 30.0 Å². The Morgan fingerprint density at radius 1 is 1.22 bits per heavy atom. The van der Waals surface area contributed by atoms with Crippen molar-refractivity contribution in [3.63, 3.8) is 0 Å². The molecule has 1 atom stereocenters. The van der Waals surface area contributed by atoms with Crippen molar-refractivity contribution < 1.29 is 9.90 Å². The predicted molar refractivity (Wildman–Crippen MR) is 128 cm³/mol. The maximum Gasteiger partial charge on any atom is 0.270 e. The number of likely N-dealkylation sites (tertiary alicyclic amines) is 1. The van der Waals surface area contributed by atoms with E-state index >= 15 is 0 Å². The molecule has 8 nitrogen and oxygen atoms in total. The van der Waals surface area contributed by atoms with Crippen LogP contribution >= 0.6 is 0 Å². The fourth-order valence-electron chi connectivity index (χ4n) is 4.21. The van der Waals surface area contributed by atoms with E-state index in [1.165, 1.54) is 11.9 Å². The number of carbonyl (C=O) groups is 1. The van der Waals surface area contributed by atoms with Crippen molar-refractivity contribution in [3.05, 3.63) is 54.5 Å². The first-order chi connectivity index (χ1) is 15.4. The third-order valence-corrected chi connectivity index (χ3v) is 5.80. The molecule has 8 heteroatoms. The summed E-state index contributed by atoms with van der Waals surface area (Å²) < 4.78 is 0. The van der Waals surface area contributed by atoms with Crippen molar-refractivity contribution in [2.45, 2.75) is 32.4 Å². The van der Waals surface area contributed by atoms with Gasteiger partial charge in [0.2, 0.25) is 0 Å². The number of allylic oxidation sites excluding steroid dienone is 1. The number of aliphatic hydroxyl groups is 1. The molecule has 1 fully saturated rings. The summed E-state index contributed by atoms with van der Waals surface area (Å²) in [6, 6.07) is 2.00. The van der Waals surface area contributed by atoms with Crippen LogP contribution in [0.1, 0.15) is 30.8 Å². The van der Waals surface area contributed by atoms with Crippen LogP contribution in [0.4, 0.5) is 5.82 Å². The topological polar surface area (TPSA) is 93.6 Å². The minimum atomic E-state index is -0.670. The molecule has 0 radical (unpaired) electrons. The van der Waals surface area contributed by atoms with Crippen LogP contribution in [0, 0.1) is 5.92 Å². The summed E-state index contributed by atoms with van der Waals surface area (Å²) >= 11 is 0. The number of amides is 1. The van der Waals surface area contributed by atoms with E-state index in [0.717, 1.165) is 44.7 Å². The Kier molecular flexibility index (Phi) is 8.55. The zero-order chi connectivity index (χ0) is 23.1. The summed E-state index contributed by atoms with van der Waals surface area (Å²) in [5.41, 5.74) is 2.64. The minimum Gasteiger partial charge on any atom is -0.390 e. The molecular weight excluding hydrogens is 404 g/mol. The number of carbonyl (C=O) groups excluding carboxylic acids is 1. The lowest BCUT2D eigenvalue weighted by molar-refractivity contribution is 0.0861. The van der Waals surface area contributed by atoms with Crippen LogP contribution in [-0.4, -0.2) is 88.7 Å². The first kappa shape index (κ1) is 24.1. The van der Waals surface area contributed by atoms with E-state index in [2.05, 4.69) is 57.4 Å². The lowest BCUT2D eigenvalue weighted by atomic mass is 10.00. The van der Waals surface area contributed by atoms with Crippen LogP contribution in [0.2, 0.25) is 0 Å². The van der Waals surface area contributed by atoms with Gasteiger partial charge < -0.3 is 15.7 Å². The average Bonchev–Trinajstić information content (AvgIpc) is 2.75.